The average molecular weight is 247 g/mol. The molecule has 0 aliphatic rings. The summed E-state index contributed by atoms with van der Waals surface area (Å²) in [5, 5.41) is 21.7. The van der Waals surface area contributed by atoms with Crippen LogP contribution >= 0.6 is 0 Å². The van der Waals surface area contributed by atoms with Crippen molar-refractivity contribution < 1.29 is 14.7 Å². The van der Waals surface area contributed by atoms with Crippen molar-refractivity contribution in [2.24, 2.45) is 10.1 Å². The molecule has 0 spiro atoms. The molecule has 1 aromatic carbocycles. The highest BCUT2D eigenvalue weighted by molar-refractivity contribution is 6.45. The summed E-state index contributed by atoms with van der Waals surface area (Å²) < 4.78 is 4.99. The normalized spacial score (nSPS) is 11.9. The number of ether oxygens (including phenoxy) is 1. The van der Waals surface area contributed by atoms with E-state index in [4.69, 9.17) is 14.8 Å². The van der Waals surface area contributed by atoms with Gasteiger partial charge in [0.2, 0.25) is 6.19 Å². The van der Waals surface area contributed by atoms with Crippen LogP contribution in [0, 0.1) is 11.5 Å². The summed E-state index contributed by atoms with van der Waals surface area (Å²) in [4.78, 5) is 8.24. The van der Waals surface area contributed by atoms with Crippen molar-refractivity contribution in [1.29, 1.82) is 5.26 Å². The van der Waals surface area contributed by atoms with Crippen LogP contribution in [0.1, 0.15) is 11.1 Å². The molecule has 0 saturated heterocycles. The molecule has 6 heteroatoms. The van der Waals surface area contributed by atoms with Gasteiger partial charge < -0.3 is 14.7 Å². The van der Waals surface area contributed by atoms with E-state index in [0.717, 1.165) is 0 Å². The number of hydrogen-bond donors (Lipinski definition) is 1. The van der Waals surface area contributed by atoms with Gasteiger partial charge in [-0.2, -0.15) is 5.26 Å². The lowest BCUT2D eigenvalue weighted by atomic mass is 10.0. The lowest BCUT2D eigenvalue weighted by Crippen LogP contribution is -2.19. The second-order valence-electron chi connectivity index (χ2n) is 3.16. The summed E-state index contributed by atoms with van der Waals surface area (Å²) in [5.74, 6) is 0.0280. The van der Waals surface area contributed by atoms with Gasteiger partial charge in [0.05, 0.1) is 13.7 Å². The minimum atomic E-state index is -0.164. The van der Waals surface area contributed by atoms with Crippen molar-refractivity contribution in [1.82, 2.24) is 0 Å². The van der Waals surface area contributed by atoms with Crippen molar-refractivity contribution in [2.75, 3.05) is 14.2 Å². The van der Waals surface area contributed by atoms with Crippen LogP contribution in [0.2, 0.25) is 0 Å². The van der Waals surface area contributed by atoms with Crippen LogP contribution in [-0.4, -0.2) is 30.9 Å². The maximum Gasteiger partial charge on any atom is 0.254 e. The number of rotatable bonds is 4. The number of benzene rings is 1. The third-order valence-corrected chi connectivity index (χ3v) is 2.17. The van der Waals surface area contributed by atoms with Crippen LogP contribution in [0.15, 0.2) is 34.4 Å². The summed E-state index contributed by atoms with van der Waals surface area (Å²) in [6, 6.07) is 7.03. The van der Waals surface area contributed by atoms with Gasteiger partial charge in [-0.3, -0.25) is 0 Å². The molecule has 0 amide bonds. The Morgan fingerprint density at radius 3 is 2.67 bits per heavy atom. The van der Waals surface area contributed by atoms with Gasteiger partial charge in [0.15, 0.2) is 5.71 Å². The smallest absolute Gasteiger partial charge is 0.254 e. The summed E-state index contributed by atoms with van der Waals surface area (Å²) in [6.45, 7) is -0.164. The van der Waals surface area contributed by atoms with Crippen LogP contribution in [0.3, 0.4) is 0 Å². The second kappa shape index (κ2) is 7.04. The highest BCUT2D eigenvalue weighted by Crippen LogP contribution is 2.12. The van der Waals surface area contributed by atoms with Gasteiger partial charge in [0, 0.05) is 5.56 Å². The second-order valence-corrected chi connectivity index (χ2v) is 3.16. The molecule has 0 aliphatic heterocycles. The van der Waals surface area contributed by atoms with Crippen LogP contribution in [0.25, 0.3) is 0 Å². The molecule has 1 rings (SSSR count). The summed E-state index contributed by atoms with van der Waals surface area (Å²) in [5.41, 5.74) is 1.49. The maximum atomic E-state index is 9.28. The maximum absolute atomic E-state index is 9.28. The van der Waals surface area contributed by atoms with Crippen LogP contribution in [0.5, 0.6) is 0 Å². The first-order chi connectivity index (χ1) is 8.78. The van der Waals surface area contributed by atoms with Gasteiger partial charge in [-0.15, -0.1) is 4.99 Å². The summed E-state index contributed by atoms with van der Waals surface area (Å²) >= 11 is 0. The molecular formula is C12H13N3O3. The molecule has 0 bridgehead atoms. The molecule has 0 aliphatic carbocycles. The van der Waals surface area contributed by atoms with Gasteiger partial charge in [-0.05, 0) is 5.56 Å². The Labute approximate surface area is 105 Å². The van der Waals surface area contributed by atoms with Crippen molar-refractivity contribution >= 4 is 11.6 Å². The van der Waals surface area contributed by atoms with E-state index in [0.29, 0.717) is 11.1 Å². The Morgan fingerprint density at radius 1 is 1.39 bits per heavy atom. The number of aliphatic hydroxyl groups excluding tert-OH is 1. The van der Waals surface area contributed by atoms with E-state index in [9.17, 15) is 5.11 Å². The van der Waals surface area contributed by atoms with E-state index in [2.05, 4.69) is 10.1 Å². The van der Waals surface area contributed by atoms with Crippen LogP contribution in [0.4, 0.5) is 0 Å². The van der Waals surface area contributed by atoms with Gasteiger partial charge in [0.1, 0.15) is 7.11 Å². The summed E-state index contributed by atoms with van der Waals surface area (Å²) in [7, 11) is 2.75. The van der Waals surface area contributed by atoms with E-state index in [1.807, 2.05) is 0 Å². The topological polar surface area (TPSA) is 87.2 Å². The fourth-order valence-electron chi connectivity index (χ4n) is 1.42. The zero-order valence-electron chi connectivity index (χ0n) is 10.1. The van der Waals surface area contributed by atoms with E-state index in [1.54, 1.807) is 30.5 Å². The fourth-order valence-corrected chi connectivity index (χ4v) is 1.42. The number of hydrogen-bond acceptors (Lipinski definition) is 6. The average Bonchev–Trinajstić information content (AvgIpc) is 2.42. The zero-order valence-corrected chi connectivity index (χ0v) is 10.1. The molecule has 94 valence electrons. The SMILES string of the molecule is CO/N=C(/C(=NC#N)OC)c1ccccc1CO. The third-order valence-electron chi connectivity index (χ3n) is 2.17. The molecule has 0 heterocycles. The minimum absolute atomic E-state index is 0.0280. The highest BCUT2D eigenvalue weighted by atomic mass is 16.6. The van der Waals surface area contributed by atoms with Crippen molar-refractivity contribution in [3.63, 3.8) is 0 Å². The van der Waals surface area contributed by atoms with Gasteiger partial charge in [-0.25, -0.2) is 0 Å². The largest absolute Gasteiger partial charge is 0.479 e. The monoisotopic (exact) mass is 247 g/mol. The molecule has 1 aromatic rings. The van der Waals surface area contributed by atoms with Gasteiger partial charge in [-0.1, -0.05) is 29.4 Å². The lowest BCUT2D eigenvalue weighted by Gasteiger charge is -2.10. The molecular weight excluding hydrogens is 234 g/mol. The molecule has 6 nitrogen and oxygen atoms in total. The highest BCUT2D eigenvalue weighted by Gasteiger charge is 2.17. The molecule has 0 aromatic heterocycles. The Morgan fingerprint density at radius 2 is 2.11 bits per heavy atom. The number of nitriles is 1. The van der Waals surface area contributed by atoms with Crippen LogP contribution < -0.4 is 0 Å². The first-order valence-corrected chi connectivity index (χ1v) is 5.09. The van der Waals surface area contributed by atoms with E-state index < -0.39 is 0 Å². The molecule has 0 atom stereocenters. The van der Waals surface area contributed by atoms with E-state index >= 15 is 0 Å². The first-order valence-electron chi connectivity index (χ1n) is 5.09. The Bertz CT molecular complexity index is 504. The Hall–Kier alpha value is -2.39. The Kier molecular flexibility index (Phi) is 5.35. The van der Waals surface area contributed by atoms with Gasteiger partial charge in [0.25, 0.3) is 5.90 Å². The number of aliphatic hydroxyl groups is 1. The van der Waals surface area contributed by atoms with Crippen molar-refractivity contribution in [2.45, 2.75) is 6.61 Å². The molecule has 1 N–H and O–H groups in total. The standard InChI is InChI=1S/C12H13N3O3/c1-17-12(14-8-13)11(15-18-2)10-6-4-3-5-9(10)7-16/h3-6,16H,7H2,1-2H3/b14-12?,15-11+. The minimum Gasteiger partial charge on any atom is -0.479 e. The van der Waals surface area contributed by atoms with Crippen molar-refractivity contribution in [3.8, 4) is 6.19 Å². The quantitative estimate of drug-likeness (QED) is 0.373. The zero-order chi connectivity index (χ0) is 13.4. The summed E-state index contributed by atoms with van der Waals surface area (Å²) in [6.07, 6.45) is 1.63. The number of nitrogens with zero attached hydrogens (tertiary/aromatic N) is 3. The van der Waals surface area contributed by atoms with Crippen LogP contribution in [-0.2, 0) is 16.2 Å². The molecule has 18 heavy (non-hydrogen) atoms. The fraction of sp³-hybridized carbons (Fsp3) is 0.250. The molecule has 0 fully saturated rings. The van der Waals surface area contributed by atoms with Crippen molar-refractivity contribution in [3.05, 3.63) is 35.4 Å². The number of oxime groups is 1. The third kappa shape index (κ3) is 3.06. The van der Waals surface area contributed by atoms with E-state index in [-0.39, 0.29) is 18.2 Å². The first kappa shape index (κ1) is 13.7. The molecule has 0 radical (unpaired) electrons. The molecule has 0 unspecified atom stereocenters. The van der Waals surface area contributed by atoms with Gasteiger partial charge >= 0.3 is 0 Å². The predicted molar refractivity (Wildman–Crippen MR) is 66.0 cm³/mol. The number of methoxy groups -OCH3 is 1. The number of aliphatic imine (C=N–C) groups is 1. The Balaban J connectivity index is 3.34. The predicted octanol–water partition coefficient (Wildman–Crippen LogP) is 1.06. The van der Waals surface area contributed by atoms with E-state index in [1.165, 1.54) is 14.2 Å². The molecule has 0 saturated carbocycles. The lowest BCUT2D eigenvalue weighted by molar-refractivity contribution is 0.213.